The number of aromatic nitrogens is 2. The molecule has 0 aliphatic carbocycles. The van der Waals surface area contributed by atoms with Crippen LogP contribution >= 0.6 is 0 Å². The van der Waals surface area contributed by atoms with E-state index < -0.39 is 5.41 Å². The number of hydrogen-bond acceptors (Lipinski definition) is 5. The summed E-state index contributed by atoms with van der Waals surface area (Å²) < 4.78 is 6.74. The molecule has 6 heteroatoms. The van der Waals surface area contributed by atoms with Crippen molar-refractivity contribution < 1.29 is 14.6 Å². The molecule has 0 saturated carbocycles. The van der Waals surface area contributed by atoms with Gasteiger partial charge in [0.05, 0.1) is 31.3 Å². The summed E-state index contributed by atoms with van der Waals surface area (Å²) in [6.45, 7) is 5.38. The zero-order valence-corrected chi connectivity index (χ0v) is 16.5. The summed E-state index contributed by atoms with van der Waals surface area (Å²) in [4.78, 5) is 30.5. The Kier molecular flexibility index (Phi) is 5.34. The van der Waals surface area contributed by atoms with Gasteiger partial charge in [0, 0.05) is 17.0 Å². The molecular formula is C22H24N2O4. The second-order valence-corrected chi connectivity index (χ2v) is 7.73. The van der Waals surface area contributed by atoms with Crippen molar-refractivity contribution in [3.05, 3.63) is 58.4 Å². The van der Waals surface area contributed by atoms with Crippen LogP contribution in [-0.2, 0) is 17.9 Å². The predicted molar refractivity (Wildman–Crippen MR) is 108 cm³/mol. The van der Waals surface area contributed by atoms with E-state index in [4.69, 9.17) is 4.74 Å². The number of hydrogen-bond donors (Lipinski definition) is 1. The van der Waals surface area contributed by atoms with Gasteiger partial charge in [-0.2, -0.15) is 0 Å². The quantitative estimate of drug-likeness (QED) is 0.735. The number of benzene rings is 2. The van der Waals surface area contributed by atoms with Crippen LogP contribution in [0.3, 0.4) is 0 Å². The molecule has 0 spiro atoms. The highest BCUT2D eigenvalue weighted by atomic mass is 16.5. The predicted octanol–water partition coefficient (Wildman–Crippen LogP) is 3.18. The number of carbonyl (C=O) groups is 1. The van der Waals surface area contributed by atoms with Crippen LogP contribution in [0.2, 0.25) is 0 Å². The molecule has 0 aliphatic rings. The van der Waals surface area contributed by atoms with Crippen LogP contribution in [0.5, 0.6) is 5.75 Å². The van der Waals surface area contributed by atoms with Gasteiger partial charge in [-0.25, -0.2) is 4.98 Å². The molecule has 0 aliphatic heterocycles. The molecule has 1 N–H and O–H groups in total. The van der Waals surface area contributed by atoms with Crippen LogP contribution < -0.4 is 10.3 Å². The Morgan fingerprint density at radius 1 is 1.14 bits per heavy atom. The molecule has 3 rings (SSSR count). The van der Waals surface area contributed by atoms with Gasteiger partial charge < -0.3 is 9.84 Å². The lowest BCUT2D eigenvalue weighted by molar-refractivity contribution is -0.126. The molecule has 0 bridgehead atoms. The Bertz CT molecular complexity index is 1080. The van der Waals surface area contributed by atoms with Crippen molar-refractivity contribution in [2.75, 3.05) is 7.11 Å². The van der Waals surface area contributed by atoms with E-state index in [0.29, 0.717) is 22.3 Å². The Morgan fingerprint density at radius 3 is 2.39 bits per heavy atom. The highest BCUT2D eigenvalue weighted by Gasteiger charge is 2.24. The van der Waals surface area contributed by atoms with E-state index in [2.05, 4.69) is 4.98 Å². The number of aliphatic hydroxyl groups excluding tert-OH is 1. The maximum atomic E-state index is 13.3. The average molecular weight is 380 g/mol. The molecule has 0 atom stereocenters. The maximum absolute atomic E-state index is 13.3. The minimum absolute atomic E-state index is 0.0454. The first-order valence-electron chi connectivity index (χ1n) is 9.06. The minimum Gasteiger partial charge on any atom is -0.497 e. The highest BCUT2D eigenvalue weighted by molar-refractivity contribution is 5.86. The number of fused-ring (bicyclic) bond motifs is 1. The van der Waals surface area contributed by atoms with Crippen LogP contribution in [0, 0.1) is 5.41 Å². The first-order chi connectivity index (χ1) is 13.2. The monoisotopic (exact) mass is 380 g/mol. The summed E-state index contributed by atoms with van der Waals surface area (Å²) in [6.07, 6.45) is 0. The average Bonchev–Trinajstić information content (AvgIpc) is 2.68. The molecule has 2 aromatic carbocycles. The summed E-state index contributed by atoms with van der Waals surface area (Å²) >= 11 is 0. The highest BCUT2D eigenvalue weighted by Crippen LogP contribution is 2.23. The number of nitrogens with zero attached hydrogens (tertiary/aromatic N) is 2. The van der Waals surface area contributed by atoms with Gasteiger partial charge in [-0.1, -0.05) is 45.0 Å². The van der Waals surface area contributed by atoms with Crippen LogP contribution in [0.1, 0.15) is 26.3 Å². The molecule has 0 saturated heterocycles. The number of aliphatic hydroxyl groups is 1. The van der Waals surface area contributed by atoms with E-state index in [-0.39, 0.29) is 30.2 Å². The van der Waals surface area contributed by atoms with Gasteiger partial charge in [0.25, 0.3) is 5.56 Å². The molecule has 1 heterocycles. The second kappa shape index (κ2) is 7.56. The first-order valence-corrected chi connectivity index (χ1v) is 9.06. The van der Waals surface area contributed by atoms with Gasteiger partial charge in [-0.05, 0) is 17.7 Å². The fourth-order valence-electron chi connectivity index (χ4n) is 2.84. The van der Waals surface area contributed by atoms with Crippen molar-refractivity contribution in [1.29, 1.82) is 0 Å². The Hall–Kier alpha value is -2.99. The van der Waals surface area contributed by atoms with E-state index in [1.807, 2.05) is 20.8 Å². The molecule has 28 heavy (non-hydrogen) atoms. The Morgan fingerprint density at radius 2 is 1.82 bits per heavy atom. The van der Waals surface area contributed by atoms with Gasteiger partial charge in [0.2, 0.25) is 0 Å². The molecular weight excluding hydrogens is 356 g/mol. The van der Waals surface area contributed by atoms with Gasteiger partial charge in [-0.3, -0.25) is 14.2 Å². The maximum Gasteiger partial charge on any atom is 0.277 e. The fourth-order valence-corrected chi connectivity index (χ4v) is 2.84. The molecule has 0 fully saturated rings. The normalized spacial score (nSPS) is 11.6. The molecule has 0 radical (unpaired) electrons. The standard InChI is InChI=1S/C22H24N2O4/c1-22(2,3)19(26)12-24-18-11-16(28-4)9-10-17(18)23-20(21(24)27)15-7-5-14(13-25)6-8-15/h5-11,25H,12-13H2,1-4H3. The summed E-state index contributed by atoms with van der Waals surface area (Å²) in [5.74, 6) is 0.539. The molecule has 1 aromatic heterocycles. The molecule has 0 amide bonds. The number of rotatable bonds is 5. The lowest BCUT2D eigenvalue weighted by Gasteiger charge is -2.19. The van der Waals surface area contributed by atoms with Crippen molar-refractivity contribution >= 4 is 16.8 Å². The topological polar surface area (TPSA) is 81.4 Å². The number of carbonyl (C=O) groups excluding carboxylic acids is 1. The zero-order chi connectivity index (χ0) is 20.5. The van der Waals surface area contributed by atoms with Crippen molar-refractivity contribution in [2.45, 2.75) is 33.9 Å². The van der Waals surface area contributed by atoms with Crippen molar-refractivity contribution in [1.82, 2.24) is 9.55 Å². The van der Waals surface area contributed by atoms with Crippen molar-refractivity contribution in [2.24, 2.45) is 5.41 Å². The lowest BCUT2D eigenvalue weighted by Crippen LogP contribution is -2.32. The van der Waals surface area contributed by atoms with Crippen LogP contribution in [0.25, 0.3) is 22.3 Å². The molecule has 3 aromatic rings. The van der Waals surface area contributed by atoms with Crippen LogP contribution in [0.15, 0.2) is 47.3 Å². The van der Waals surface area contributed by atoms with E-state index in [1.54, 1.807) is 49.6 Å². The van der Waals surface area contributed by atoms with E-state index in [0.717, 1.165) is 5.56 Å². The summed E-state index contributed by atoms with van der Waals surface area (Å²) in [5, 5.41) is 9.23. The zero-order valence-electron chi connectivity index (χ0n) is 16.5. The fraction of sp³-hybridized carbons (Fsp3) is 0.318. The third kappa shape index (κ3) is 3.82. The van der Waals surface area contributed by atoms with E-state index in [1.165, 1.54) is 4.57 Å². The van der Waals surface area contributed by atoms with Crippen LogP contribution in [0.4, 0.5) is 0 Å². The first kappa shape index (κ1) is 19.8. The lowest BCUT2D eigenvalue weighted by atomic mass is 9.91. The van der Waals surface area contributed by atoms with E-state index in [9.17, 15) is 14.7 Å². The summed E-state index contributed by atoms with van der Waals surface area (Å²) in [5.41, 5.74) is 1.89. The number of Topliss-reactive ketones (excluding diaryl/α,β-unsaturated/α-hetero) is 1. The third-order valence-corrected chi connectivity index (χ3v) is 4.70. The number of ether oxygens (including phenoxy) is 1. The largest absolute Gasteiger partial charge is 0.497 e. The van der Waals surface area contributed by atoms with Gasteiger partial charge in [0.1, 0.15) is 11.4 Å². The third-order valence-electron chi connectivity index (χ3n) is 4.70. The molecule has 0 unspecified atom stereocenters. The Balaban J connectivity index is 2.24. The summed E-state index contributed by atoms with van der Waals surface area (Å²) in [6, 6.07) is 12.3. The summed E-state index contributed by atoms with van der Waals surface area (Å²) in [7, 11) is 1.55. The number of ketones is 1. The molecule has 146 valence electrons. The van der Waals surface area contributed by atoms with Gasteiger partial charge >= 0.3 is 0 Å². The SMILES string of the molecule is COc1ccc2nc(-c3ccc(CO)cc3)c(=O)n(CC(=O)C(C)(C)C)c2c1. The van der Waals surface area contributed by atoms with E-state index >= 15 is 0 Å². The van der Waals surface area contributed by atoms with Crippen LogP contribution in [-0.4, -0.2) is 27.6 Å². The number of methoxy groups -OCH3 is 1. The van der Waals surface area contributed by atoms with Crippen molar-refractivity contribution in [3.8, 4) is 17.0 Å². The minimum atomic E-state index is -0.573. The Labute approximate surface area is 163 Å². The smallest absolute Gasteiger partial charge is 0.277 e. The second-order valence-electron chi connectivity index (χ2n) is 7.73. The van der Waals surface area contributed by atoms with Gasteiger partial charge in [-0.15, -0.1) is 0 Å². The van der Waals surface area contributed by atoms with Crippen molar-refractivity contribution in [3.63, 3.8) is 0 Å². The van der Waals surface area contributed by atoms with Gasteiger partial charge in [0.15, 0.2) is 5.78 Å². The molecule has 6 nitrogen and oxygen atoms in total.